The van der Waals surface area contributed by atoms with Crippen LogP contribution in [0.2, 0.25) is 0 Å². The summed E-state index contributed by atoms with van der Waals surface area (Å²) in [5, 5.41) is 7.91. The first-order chi connectivity index (χ1) is 7.22. The maximum atomic E-state index is 10.2. The second-order valence-electron chi connectivity index (χ2n) is 3.12. The molecule has 1 N–H and O–H groups in total. The van der Waals surface area contributed by atoms with E-state index in [0.29, 0.717) is 13.0 Å². The fourth-order valence-corrected chi connectivity index (χ4v) is 1.44. The lowest BCUT2D eigenvalue weighted by Gasteiger charge is -1.98. The Morgan fingerprint density at radius 3 is 3.13 bits per heavy atom. The van der Waals surface area contributed by atoms with Crippen LogP contribution in [0, 0.1) is 0 Å². The van der Waals surface area contributed by atoms with E-state index in [4.69, 9.17) is 4.55 Å². The van der Waals surface area contributed by atoms with Crippen molar-refractivity contribution in [3.05, 3.63) is 11.9 Å². The molecule has 0 fully saturated rings. The van der Waals surface area contributed by atoms with Crippen LogP contribution in [0.5, 0.6) is 0 Å². The van der Waals surface area contributed by atoms with Gasteiger partial charge in [0.1, 0.15) is 0 Å². The lowest BCUT2D eigenvalue weighted by molar-refractivity contribution is 0.291. The number of hydrogen-bond donors (Lipinski definition) is 1. The van der Waals surface area contributed by atoms with Crippen LogP contribution < -0.4 is 0 Å². The Bertz CT molecular complexity index is 316. The van der Waals surface area contributed by atoms with Gasteiger partial charge in [0.25, 0.3) is 0 Å². The Kier molecular flexibility index (Phi) is 5.44. The summed E-state index contributed by atoms with van der Waals surface area (Å²) in [6.45, 7) is 2.98. The van der Waals surface area contributed by atoms with Crippen molar-refractivity contribution in [2.45, 2.75) is 32.7 Å². The number of hydrogen-bond acceptors (Lipinski definition) is 4. The molecule has 0 saturated carbocycles. The molecule has 15 heavy (non-hydrogen) atoms. The Balaban J connectivity index is 2.22. The van der Waals surface area contributed by atoms with Crippen LogP contribution in [0.15, 0.2) is 6.20 Å². The van der Waals surface area contributed by atoms with Crippen molar-refractivity contribution in [1.29, 1.82) is 0 Å². The van der Waals surface area contributed by atoms with Crippen molar-refractivity contribution in [3.63, 3.8) is 0 Å². The smallest absolute Gasteiger partial charge is 0.284 e. The van der Waals surface area contributed by atoms with Gasteiger partial charge in [-0.15, -0.1) is 5.10 Å². The molecule has 86 valence electrons. The van der Waals surface area contributed by atoms with Gasteiger partial charge in [-0.1, -0.05) is 18.6 Å². The minimum absolute atomic E-state index is 0.242. The average Bonchev–Trinajstić information content (AvgIpc) is 2.61. The molecule has 1 unspecified atom stereocenters. The molecule has 0 amide bonds. The predicted octanol–water partition coefficient (Wildman–Crippen LogP) is 0.774. The molecule has 1 aromatic rings. The van der Waals surface area contributed by atoms with E-state index in [1.165, 1.54) is 0 Å². The van der Waals surface area contributed by atoms with Gasteiger partial charge in [-0.2, -0.15) is 4.21 Å². The average molecular weight is 233 g/mol. The molecule has 0 saturated heterocycles. The van der Waals surface area contributed by atoms with Crippen LogP contribution in [0.3, 0.4) is 0 Å². The molecule has 0 aromatic carbocycles. The van der Waals surface area contributed by atoms with Gasteiger partial charge in [-0.3, -0.25) is 13.4 Å². The van der Waals surface area contributed by atoms with Crippen LogP contribution in [-0.4, -0.2) is 30.4 Å². The second kappa shape index (κ2) is 6.65. The van der Waals surface area contributed by atoms with Crippen molar-refractivity contribution < 1.29 is 12.9 Å². The van der Waals surface area contributed by atoms with Crippen LogP contribution in [-0.2, 0) is 28.5 Å². The van der Waals surface area contributed by atoms with Gasteiger partial charge in [-0.05, 0) is 12.8 Å². The van der Waals surface area contributed by atoms with Gasteiger partial charge >= 0.3 is 11.4 Å². The summed E-state index contributed by atoms with van der Waals surface area (Å²) in [6, 6.07) is 0. The zero-order valence-electron chi connectivity index (χ0n) is 8.63. The van der Waals surface area contributed by atoms with E-state index in [1.807, 2.05) is 6.20 Å². The SMILES string of the molecule is CCCc1cn(CCCOS(=O)O)nn1. The van der Waals surface area contributed by atoms with E-state index >= 15 is 0 Å². The number of nitrogens with zero attached hydrogens (tertiary/aromatic N) is 3. The number of rotatable bonds is 7. The van der Waals surface area contributed by atoms with Crippen LogP contribution in [0.4, 0.5) is 0 Å². The van der Waals surface area contributed by atoms with E-state index in [1.54, 1.807) is 4.68 Å². The minimum atomic E-state index is -2.17. The molecule has 0 bridgehead atoms. The predicted molar refractivity (Wildman–Crippen MR) is 55.4 cm³/mol. The van der Waals surface area contributed by atoms with E-state index in [0.717, 1.165) is 18.5 Å². The first-order valence-corrected chi connectivity index (χ1v) is 5.88. The van der Waals surface area contributed by atoms with E-state index in [2.05, 4.69) is 21.4 Å². The molecule has 0 aliphatic heterocycles. The topological polar surface area (TPSA) is 77.2 Å². The molecule has 6 nitrogen and oxygen atoms in total. The summed E-state index contributed by atoms with van der Waals surface area (Å²) in [6.07, 6.45) is 4.50. The maximum absolute atomic E-state index is 10.2. The van der Waals surface area contributed by atoms with E-state index in [-0.39, 0.29) is 6.61 Å². The lowest BCUT2D eigenvalue weighted by atomic mass is 10.3. The zero-order valence-corrected chi connectivity index (χ0v) is 9.44. The first-order valence-electron chi connectivity index (χ1n) is 4.85. The normalized spacial score (nSPS) is 12.9. The van der Waals surface area contributed by atoms with Crippen molar-refractivity contribution in [2.24, 2.45) is 0 Å². The Morgan fingerprint density at radius 2 is 2.47 bits per heavy atom. The van der Waals surface area contributed by atoms with Crippen LogP contribution in [0.25, 0.3) is 0 Å². The summed E-state index contributed by atoms with van der Waals surface area (Å²) in [5.41, 5.74) is 0.976. The molecule has 0 radical (unpaired) electrons. The van der Waals surface area contributed by atoms with Crippen LogP contribution >= 0.6 is 0 Å². The highest BCUT2D eigenvalue weighted by atomic mass is 32.2. The summed E-state index contributed by atoms with van der Waals surface area (Å²) >= 11 is -2.17. The molecule has 1 rings (SSSR count). The highest BCUT2D eigenvalue weighted by molar-refractivity contribution is 7.74. The molecule has 1 atom stereocenters. The van der Waals surface area contributed by atoms with Gasteiger partial charge < -0.3 is 0 Å². The van der Waals surface area contributed by atoms with E-state index < -0.39 is 11.4 Å². The van der Waals surface area contributed by atoms with Crippen molar-refractivity contribution in [3.8, 4) is 0 Å². The van der Waals surface area contributed by atoms with Gasteiger partial charge in [0.2, 0.25) is 0 Å². The number of aromatic nitrogens is 3. The molecule has 0 aliphatic rings. The number of aryl methyl sites for hydroxylation is 2. The highest BCUT2D eigenvalue weighted by Gasteiger charge is 1.99. The third-order valence-electron chi connectivity index (χ3n) is 1.81. The van der Waals surface area contributed by atoms with Crippen molar-refractivity contribution >= 4 is 11.4 Å². The molecule has 7 heteroatoms. The minimum Gasteiger partial charge on any atom is -0.284 e. The summed E-state index contributed by atoms with van der Waals surface area (Å²) in [5.74, 6) is 0. The monoisotopic (exact) mass is 233 g/mol. The van der Waals surface area contributed by atoms with Gasteiger partial charge in [0, 0.05) is 12.7 Å². The van der Waals surface area contributed by atoms with E-state index in [9.17, 15) is 4.21 Å². The molecule has 0 aliphatic carbocycles. The quantitative estimate of drug-likeness (QED) is 0.556. The molecular formula is C8H15N3O3S. The van der Waals surface area contributed by atoms with Gasteiger partial charge in [-0.25, -0.2) is 0 Å². The Labute approximate surface area is 91.1 Å². The van der Waals surface area contributed by atoms with Crippen molar-refractivity contribution in [2.75, 3.05) is 6.61 Å². The third kappa shape index (κ3) is 5.01. The Morgan fingerprint density at radius 1 is 1.67 bits per heavy atom. The molecule has 1 heterocycles. The standard InChI is InChI=1S/C8H15N3O3S/c1-2-4-8-7-11(10-9-8)5-3-6-14-15(12)13/h7H,2-6H2,1H3,(H,12,13). The molecular weight excluding hydrogens is 218 g/mol. The van der Waals surface area contributed by atoms with Gasteiger partial charge in [0.15, 0.2) is 0 Å². The third-order valence-corrected chi connectivity index (χ3v) is 2.18. The molecule has 1 aromatic heterocycles. The highest BCUT2D eigenvalue weighted by Crippen LogP contribution is 1.98. The summed E-state index contributed by atoms with van der Waals surface area (Å²) < 4.78 is 24.7. The van der Waals surface area contributed by atoms with Crippen LogP contribution in [0.1, 0.15) is 25.5 Å². The Hall–Kier alpha value is -0.790. The lowest BCUT2D eigenvalue weighted by Crippen LogP contribution is -2.04. The second-order valence-corrected chi connectivity index (χ2v) is 3.79. The van der Waals surface area contributed by atoms with Gasteiger partial charge in [0.05, 0.1) is 12.3 Å². The zero-order chi connectivity index (χ0) is 11.1. The first kappa shape index (κ1) is 12.3. The summed E-state index contributed by atoms with van der Waals surface area (Å²) in [4.78, 5) is 0. The molecule has 0 spiro atoms. The fraction of sp³-hybridized carbons (Fsp3) is 0.750. The summed E-state index contributed by atoms with van der Waals surface area (Å²) in [7, 11) is 0. The van der Waals surface area contributed by atoms with Crippen molar-refractivity contribution in [1.82, 2.24) is 15.0 Å². The maximum Gasteiger partial charge on any atom is 0.301 e. The fourth-order valence-electron chi connectivity index (χ4n) is 1.18. The largest absolute Gasteiger partial charge is 0.301 e.